The van der Waals surface area contributed by atoms with Gasteiger partial charge in [0.1, 0.15) is 0 Å². The lowest BCUT2D eigenvalue weighted by Crippen LogP contribution is -2.11. The zero-order valence-corrected chi connectivity index (χ0v) is 18.4. The molecular formula is C25H42O. The molecule has 0 heterocycles. The molecule has 0 aliphatic carbocycles. The Hall–Kier alpha value is -1.08. The quantitative estimate of drug-likeness (QED) is 0.288. The average molecular weight is 359 g/mol. The SMILES string of the molecule is CCC(CC(C)(C)C)c1ccc(COCCC(C)CCC=C(C)C)cc1. The van der Waals surface area contributed by atoms with Crippen molar-refractivity contribution in [3.63, 3.8) is 0 Å². The summed E-state index contributed by atoms with van der Waals surface area (Å²) in [6.45, 7) is 17.6. The van der Waals surface area contributed by atoms with E-state index in [0.717, 1.165) is 25.6 Å². The van der Waals surface area contributed by atoms with Crippen molar-refractivity contribution in [1.82, 2.24) is 0 Å². The van der Waals surface area contributed by atoms with E-state index in [4.69, 9.17) is 4.74 Å². The lowest BCUT2D eigenvalue weighted by Gasteiger charge is -2.25. The summed E-state index contributed by atoms with van der Waals surface area (Å²) < 4.78 is 5.91. The fourth-order valence-corrected chi connectivity index (χ4v) is 3.40. The third-order valence-electron chi connectivity index (χ3n) is 5.04. The van der Waals surface area contributed by atoms with Crippen LogP contribution in [0.2, 0.25) is 0 Å². The van der Waals surface area contributed by atoms with Crippen LogP contribution < -0.4 is 0 Å². The first-order valence-electron chi connectivity index (χ1n) is 10.5. The van der Waals surface area contributed by atoms with Crippen molar-refractivity contribution in [2.24, 2.45) is 11.3 Å². The molecule has 0 saturated heterocycles. The van der Waals surface area contributed by atoms with Crippen LogP contribution in [0.25, 0.3) is 0 Å². The van der Waals surface area contributed by atoms with E-state index in [1.54, 1.807) is 0 Å². The molecule has 0 bridgehead atoms. The van der Waals surface area contributed by atoms with Gasteiger partial charge in [-0.15, -0.1) is 0 Å². The van der Waals surface area contributed by atoms with Crippen LogP contribution >= 0.6 is 0 Å². The maximum atomic E-state index is 5.91. The van der Waals surface area contributed by atoms with Crippen LogP contribution in [-0.2, 0) is 11.3 Å². The van der Waals surface area contributed by atoms with Crippen LogP contribution in [0.15, 0.2) is 35.9 Å². The van der Waals surface area contributed by atoms with Crippen LogP contribution in [0.5, 0.6) is 0 Å². The fraction of sp³-hybridized carbons (Fsp3) is 0.680. The van der Waals surface area contributed by atoms with Gasteiger partial charge in [0.2, 0.25) is 0 Å². The molecule has 0 saturated carbocycles. The molecule has 2 atom stereocenters. The molecule has 0 spiro atoms. The first-order chi connectivity index (χ1) is 12.2. The van der Waals surface area contributed by atoms with Crippen molar-refractivity contribution < 1.29 is 4.74 Å². The summed E-state index contributed by atoms with van der Waals surface area (Å²) in [5, 5.41) is 0. The van der Waals surface area contributed by atoms with Crippen LogP contribution in [-0.4, -0.2) is 6.61 Å². The Bertz CT molecular complexity index is 514. The highest BCUT2D eigenvalue weighted by molar-refractivity contribution is 5.25. The Labute approximate surface area is 163 Å². The number of benzene rings is 1. The first kappa shape index (κ1) is 23.0. The van der Waals surface area contributed by atoms with E-state index in [2.05, 4.69) is 78.8 Å². The molecule has 2 unspecified atom stereocenters. The second-order valence-corrected chi connectivity index (χ2v) is 9.42. The van der Waals surface area contributed by atoms with Crippen molar-refractivity contribution in [2.75, 3.05) is 6.61 Å². The Morgan fingerprint density at radius 2 is 1.73 bits per heavy atom. The average Bonchev–Trinajstić information content (AvgIpc) is 2.56. The molecule has 0 fully saturated rings. The molecule has 0 aliphatic rings. The van der Waals surface area contributed by atoms with E-state index in [1.165, 1.54) is 42.4 Å². The van der Waals surface area contributed by atoms with Crippen LogP contribution in [0.3, 0.4) is 0 Å². The summed E-state index contributed by atoms with van der Waals surface area (Å²) in [7, 11) is 0. The topological polar surface area (TPSA) is 9.23 Å². The highest BCUT2D eigenvalue weighted by Crippen LogP contribution is 2.33. The van der Waals surface area contributed by atoms with E-state index in [0.29, 0.717) is 11.3 Å². The summed E-state index contributed by atoms with van der Waals surface area (Å²) in [5.41, 5.74) is 4.56. The zero-order valence-electron chi connectivity index (χ0n) is 18.4. The minimum atomic E-state index is 0.380. The van der Waals surface area contributed by atoms with E-state index in [1.807, 2.05) is 0 Å². The first-order valence-corrected chi connectivity index (χ1v) is 10.5. The number of rotatable bonds is 11. The molecule has 0 aliphatic heterocycles. The van der Waals surface area contributed by atoms with Gasteiger partial charge in [-0.1, -0.05) is 70.5 Å². The molecule has 0 N–H and O–H groups in total. The van der Waals surface area contributed by atoms with E-state index in [9.17, 15) is 0 Å². The predicted molar refractivity (Wildman–Crippen MR) is 116 cm³/mol. The maximum absolute atomic E-state index is 5.91. The molecule has 1 aromatic rings. The monoisotopic (exact) mass is 358 g/mol. The summed E-state index contributed by atoms with van der Waals surface area (Å²) in [5.74, 6) is 1.39. The second kappa shape index (κ2) is 11.6. The molecule has 26 heavy (non-hydrogen) atoms. The third kappa shape index (κ3) is 10.2. The van der Waals surface area contributed by atoms with E-state index < -0.39 is 0 Å². The molecule has 1 rings (SSSR count). The normalized spacial score (nSPS) is 14.1. The summed E-state index contributed by atoms with van der Waals surface area (Å²) >= 11 is 0. The summed E-state index contributed by atoms with van der Waals surface area (Å²) in [6, 6.07) is 9.11. The van der Waals surface area contributed by atoms with Gasteiger partial charge in [-0.2, -0.15) is 0 Å². The Kier molecular flexibility index (Phi) is 10.2. The van der Waals surface area contributed by atoms with Gasteiger partial charge in [0.05, 0.1) is 6.61 Å². The highest BCUT2D eigenvalue weighted by atomic mass is 16.5. The van der Waals surface area contributed by atoms with Crippen molar-refractivity contribution in [1.29, 1.82) is 0 Å². The van der Waals surface area contributed by atoms with Crippen LogP contribution in [0, 0.1) is 11.3 Å². The van der Waals surface area contributed by atoms with Gasteiger partial charge >= 0.3 is 0 Å². The molecule has 1 nitrogen and oxygen atoms in total. The minimum Gasteiger partial charge on any atom is -0.377 e. The lowest BCUT2D eigenvalue weighted by molar-refractivity contribution is 0.108. The van der Waals surface area contributed by atoms with Gasteiger partial charge in [0.15, 0.2) is 0 Å². The van der Waals surface area contributed by atoms with Gasteiger partial charge in [-0.3, -0.25) is 0 Å². The van der Waals surface area contributed by atoms with E-state index in [-0.39, 0.29) is 0 Å². The van der Waals surface area contributed by atoms with Gasteiger partial charge in [0.25, 0.3) is 0 Å². The molecular weight excluding hydrogens is 316 g/mol. The lowest BCUT2D eigenvalue weighted by atomic mass is 9.80. The Balaban J connectivity index is 2.35. The second-order valence-electron chi connectivity index (χ2n) is 9.42. The summed E-state index contributed by atoms with van der Waals surface area (Å²) in [4.78, 5) is 0. The van der Waals surface area contributed by atoms with Crippen molar-refractivity contribution in [3.8, 4) is 0 Å². The van der Waals surface area contributed by atoms with Gasteiger partial charge in [-0.05, 0) is 74.3 Å². The van der Waals surface area contributed by atoms with Crippen molar-refractivity contribution in [2.45, 2.75) is 93.1 Å². The van der Waals surface area contributed by atoms with Crippen molar-refractivity contribution in [3.05, 3.63) is 47.0 Å². The standard InChI is InChI=1S/C25H42O/c1-8-23(18-25(5,6)7)24-14-12-22(13-15-24)19-26-17-16-21(4)11-9-10-20(2)3/h10,12-15,21,23H,8-9,11,16-19H2,1-7H3. The number of hydrogen-bond acceptors (Lipinski definition) is 1. The van der Waals surface area contributed by atoms with Crippen LogP contribution in [0.1, 0.15) is 97.6 Å². The number of ether oxygens (including phenoxy) is 1. The van der Waals surface area contributed by atoms with Crippen molar-refractivity contribution >= 4 is 0 Å². The Morgan fingerprint density at radius 1 is 1.08 bits per heavy atom. The largest absolute Gasteiger partial charge is 0.377 e. The fourth-order valence-electron chi connectivity index (χ4n) is 3.40. The predicted octanol–water partition coefficient (Wildman–Crippen LogP) is 7.91. The molecule has 1 aromatic carbocycles. The highest BCUT2D eigenvalue weighted by Gasteiger charge is 2.18. The number of hydrogen-bond donors (Lipinski definition) is 0. The number of allylic oxidation sites excluding steroid dienone is 2. The van der Waals surface area contributed by atoms with E-state index >= 15 is 0 Å². The maximum Gasteiger partial charge on any atom is 0.0716 e. The minimum absolute atomic E-state index is 0.380. The summed E-state index contributed by atoms with van der Waals surface area (Å²) in [6.07, 6.45) is 8.38. The Morgan fingerprint density at radius 3 is 2.27 bits per heavy atom. The molecule has 1 heteroatoms. The van der Waals surface area contributed by atoms with Crippen LogP contribution in [0.4, 0.5) is 0 Å². The zero-order chi connectivity index (χ0) is 19.6. The van der Waals surface area contributed by atoms with Gasteiger partial charge in [-0.25, -0.2) is 0 Å². The molecule has 148 valence electrons. The van der Waals surface area contributed by atoms with Gasteiger partial charge < -0.3 is 4.74 Å². The molecule has 0 amide bonds. The smallest absolute Gasteiger partial charge is 0.0716 e. The van der Waals surface area contributed by atoms with Gasteiger partial charge in [0, 0.05) is 6.61 Å². The molecule has 0 aromatic heterocycles. The molecule has 0 radical (unpaired) electrons. The third-order valence-corrected chi connectivity index (χ3v) is 5.04.